The van der Waals surface area contributed by atoms with Crippen molar-refractivity contribution in [1.82, 2.24) is 20.2 Å². The van der Waals surface area contributed by atoms with E-state index in [1.54, 1.807) is 0 Å². The molecule has 0 spiro atoms. The number of amides is 2. The molecule has 2 N–H and O–H groups in total. The van der Waals surface area contributed by atoms with Gasteiger partial charge in [0, 0.05) is 11.6 Å². The minimum Gasteiger partial charge on any atom is -0.491 e. The van der Waals surface area contributed by atoms with Gasteiger partial charge in [-0.1, -0.05) is 25.0 Å². The Kier molecular flexibility index (Phi) is 5.24. The third-order valence-electron chi connectivity index (χ3n) is 7.85. The Bertz CT molecular complexity index is 1190. The van der Waals surface area contributed by atoms with Crippen LogP contribution >= 0.6 is 0 Å². The second-order valence-corrected chi connectivity index (χ2v) is 10.1. The van der Waals surface area contributed by atoms with Gasteiger partial charge in [-0.05, 0) is 79.8 Å². The summed E-state index contributed by atoms with van der Waals surface area (Å²) >= 11 is 0. The van der Waals surface area contributed by atoms with Crippen molar-refractivity contribution >= 4 is 17.1 Å². The number of benzene rings is 2. The number of aromatic nitrogens is 2. The van der Waals surface area contributed by atoms with Crippen molar-refractivity contribution in [2.45, 2.75) is 58.0 Å². The fourth-order valence-electron chi connectivity index (χ4n) is 6.12. The van der Waals surface area contributed by atoms with Gasteiger partial charge in [-0.15, -0.1) is 0 Å². The lowest BCUT2D eigenvalue weighted by Gasteiger charge is -2.41. The SMILES string of the molecule is Cc1nc2ccc(-c3ccc4c(c3)CN(C(=O)NC3CC[C@H]5CCC[C@@H]3C5)CCO4)cc2[nH]1. The lowest BCUT2D eigenvalue weighted by Crippen LogP contribution is -2.50. The van der Waals surface area contributed by atoms with E-state index < -0.39 is 0 Å². The second-order valence-electron chi connectivity index (χ2n) is 10.1. The van der Waals surface area contributed by atoms with E-state index in [-0.39, 0.29) is 6.03 Å². The van der Waals surface area contributed by atoms with Gasteiger partial charge in [0.1, 0.15) is 18.2 Å². The fourth-order valence-corrected chi connectivity index (χ4v) is 6.12. The number of fused-ring (bicyclic) bond motifs is 4. The van der Waals surface area contributed by atoms with Crippen molar-refractivity contribution in [1.29, 1.82) is 0 Å². The van der Waals surface area contributed by atoms with Gasteiger partial charge < -0.3 is 19.9 Å². The summed E-state index contributed by atoms with van der Waals surface area (Å²) in [5.74, 6) is 3.34. The maximum absolute atomic E-state index is 13.2. The van der Waals surface area contributed by atoms with Gasteiger partial charge in [-0.25, -0.2) is 9.78 Å². The molecule has 2 aliphatic carbocycles. The average molecular weight is 445 g/mol. The zero-order valence-corrected chi connectivity index (χ0v) is 19.3. The maximum atomic E-state index is 13.2. The number of aromatic amines is 1. The number of carbonyl (C=O) groups is 1. The van der Waals surface area contributed by atoms with E-state index in [1.807, 2.05) is 17.9 Å². The molecule has 3 aliphatic rings. The van der Waals surface area contributed by atoms with Gasteiger partial charge in [0.05, 0.1) is 24.1 Å². The van der Waals surface area contributed by atoms with Crippen LogP contribution in [0.5, 0.6) is 5.75 Å². The van der Waals surface area contributed by atoms with Crippen molar-refractivity contribution in [2.75, 3.05) is 13.2 Å². The molecular formula is C27H32N4O2. The van der Waals surface area contributed by atoms with Crippen LogP contribution in [0.1, 0.15) is 49.9 Å². The largest absolute Gasteiger partial charge is 0.491 e. The lowest BCUT2D eigenvalue weighted by molar-refractivity contribution is 0.132. The number of ether oxygens (including phenoxy) is 1. The standard InChI is InChI=1S/C27H32N4O2/c1-17-28-24-9-6-20(15-25(24)29-17)19-7-10-26-22(14-19)16-31(11-12-33-26)27(32)30-23-8-5-18-3-2-4-21(23)13-18/h6-7,9-10,14-15,18,21,23H,2-5,8,11-13,16H2,1H3,(H,28,29)(H,30,32)/t18-,21-,23?/m1/s1. The molecule has 0 saturated heterocycles. The summed E-state index contributed by atoms with van der Waals surface area (Å²) in [6, 6.07) is 13.0. The van der Waals surface area contributed by atoms with Crippen LogP contribution in [0.25, 0.3) is 22.2 Å². The zero-order valence-electron chi connectivity index (χ0n) is 19.3. The van der Waals surface area contributed by atoms with Gasteiger partial charge in [0.2, 0.25) is 0 Å². The summed E-state index contributed by atoms with van der Waals surface area (Å²) < 4.78 is 6.01. The molecule has 33 heavy (non-hydrogen) atoms. The first-order chi connectivity index (χ1) is 16.1. The predicted molar refractivity (Wildman–Crippen MR) is 129 cm³/mol. The molecular weight excluding hydrogens is 412 g/mol. The molecule has 6 heteroatoms. The number of rotatable bonds is 2. The van der Waals surface area contributed by atoms with Gasteiger partial charge in [0.15, 0.2) is 0 Å². The molecule has 3 aromatic rings. The molecule has 3 atom stereocenters. The highest BCUT2D eigenvalue weighted by Gasteiger charge is 2.35. The summed E-state index contributed by atoms with van der Waals surface area (Å²) in [7, 11) is 0. The van der Waals surface area contributed by atoms with Crippen LogP contribution in [-0.4, -0.2) is 40.1 Å². The van der Waals surface area contributed by atoms with E-state index in [0.717, 1.165) is 51.6 Å². The molecule has 2 fully saturated rings. The van der Waals surface area contributed by atoms with Crippen LogP contribution in [0.15, 0.2) is 36.4 Å². The first-order valence-electron chi connectivity index (χ1n) is 12.4. The molecule has 2 bridgehead atoms. The third-order valence-corrected chi connectivity index (χ3v) is 7.85. The number of nitrogens with one attached hydrogen (secondary N) is 2. The number of imidazole rings is 1. The first-order valence-corrected chi connectivity index (χ1v) is 12.4. The predicted octanol–water partition coefficient (Wildman–Crippen LogP) is 5.41. The van der Waals surface area contributed by atoms with Gasteiger partial charge >= 0.3 is 6.03 Å². The Morgan fingerprint density at radius 2 is 2.00 bits per heavy atom. The van der Waals surface area contributed by atoms with E-state index in [2.05, 4.69) is 45.6 Å². The van der Waals surface area contributed by atoms with Crippen molar-refractivity contribution in [2.24, 2.45) is 11.8 Å². The average Bonchev–Trinajstić information content (AvgIpc) is 3.06. The Morgan fingerprint density at radius 3 is 2.94 bits per heavy atom. The summed E-state index contributed by atoms with van der Waals surface area (Å²) in [5.41, 5.74) is 5.32. The van der Waals surface area contributed by atoms with E-state index in [9.17, 15) is 4.79 Å². The third kappa shape index (κ3) is 4.07. The molecule has 172 valence electrons. The van der Waals surface area contributed by atoms with Gasteiger partial charge in [0.25, 0.3) is 0 Å². The summed E-state index contributed by atoms with van der Waals surface area (Å²) in [6.07, 6.45) is 7.64. The van der Waals surface area contributed by atoms with Crippen LogP contribution in [0, 0.1) is 18.8 Å². The zero-order chi connectivity index (χ0) is 22.4. The minimum atomic E-state index is 0.0558. The molecule has 6 rings (SSSR count). The van der Waals surface area contributed by atoms with Crippen LogP contribution in [0.2, 0.25) is 0 Å². The van der Waals surface area contributed by atoms with Crippen LogP contribution in [0.3, 0.4) is 0 Å². The number of nitrogens with zero attached hydrogens (tertiary/aromatic N) is 2. The minimum absolute atomic E-state index is 0.0558. The Labute approximate surface area is 194 Å². The highest BCUT2D eigenvalue weighted by Crippen LogP contribution is 2.40. The van der Waals surface area contributed by atoms with Gasteiger partial charge in [-0.2, -0.15) is 0 Å². The van der Waals surface area contributed by atoms with Crippen LogP contribution in [0.4, 0.5) is 4.79 Å². The first kappa shape index (κ1) is 20.6. The van der Waals surface area contributed by atoms with Crippen molar-refractivity contribution in [3.63, 3.8) is 0 Å². The molecule has 2 amide bonds. The second kappa shape index (κ2) is 8.40. The van der Waals surface area contributed by atoms with Crippen molar-refractivity contribution < 1.29 is 9.53 Å². The monoisotopic (exact) mass is 444 g/mol. The summed E-state index contributed by atoms with van der Waals surface area (Å²) in [5, 5.41) is 3.39. The van der Waals surface area contributed by atoms with E-state index in [1.165, 1.54) is 32.1 Å². The number of carbonyl (C=O) groups excluding carboxylic acids is 1. The number of hydrogen-bond acceptors (Lipinski definition) is 3. The van der Waals surface area contributed by atoms with Crippen LogP contribution in [-0.2, 0) is 6.54 Å². The maximum Gasteiger partial charge on any atom is 0.318 e. The fraction of sp³-hybridized carbons (Fsp3) is 0.481. The number of hydrogen-bond donors (Lipinski definition) is 2. The Morgan fingerprint density at radius 1 is 1.12 bits per heavy atom. The molecule has 1 unspecified atom stereocenters. The van der Waals surface area contributed by atoms with Crippen LogP contribution < -0.4 is 10.1 Å². The molecule has 2 heterocycles. The van der Waals surface area contributed by atoms with E-state index >= 15 is 0 Å². The molecule has 1 aliphatic heterocycles. The molecule has 2 saturated carbocycles. The number of urea groups is 1. The highest BCUT2D eigenvalue weighted by molar-refractivity contribution is 5.82. The highest BCUT2D eigenvalue weighted by atomic mass is 16.5. The Hall–Kier alpha value is -3.02. The smallest absolute Gasteiger partial charge is 0.318 e. The van der Waals surface area contributed by atoms with E-state index in [0.29, 0.717) is 31.7 Å². The van der Waals surface area contributed by atoms with E-state index in [4.69, 9.17) is 4.74 Å². The molecule has 6 nitrogen and oxygen atoms in total. The number of aryl methyl sites for hydroxylation is 1. The number of H-pyrrole nitrogens is 1. The van der Waals surface area contributed by atoms with Gasteiger partial charge in [-0.3, -0.25) is 0 Å². The quantitative estimate of drug-likeness (QED) is 0.555. The van der Waals surface area contributed by atoms with Crippen molar-refractivity contribution in [3.8, 4) is 16.9 Å². The molecule has 2 aromatic carbocycles. The molecule has 0 radical (unpaired) electrons. The molecule has 1 aromatic heterocycles. The summed E-state index contributed by atoms with van der Waals surface area (Å²) in [6.45, 7) is 3.67. The van der Waals surface area contributed by atoms with Crippen molar-refractivity contribution in [3.05, 3.63) is 47.8 Å². The normalized spacial score (nSPS) is 24.6. The Balaban J connectivity index is 1.21. The summed E-state index contributed by atoms with van der Waals surface area (Å²) in [4.78, 5) is 23.0. The topological polar surface area (TPSA) is 70.2 Å². The lowest BCUT2D eigenvalue weighted by atomic mass is 9.70.